The number of pyridine rings is 1. The summed E-state index contributed by atoms with van der Waals surface area (Å²) in [5.41, 5.74) is -0.437. The molecule has 0 bridgehead atoms. The van der Waals surface area contributed by atoms with E-state index < -0.39 is 45.6 Å². The highest BCUT2D eigenvalue weighted by molar-refractivity contribution is 7.89. The zero-order valence-electron chi connectivity index (χ0n) is 9.92. The van der Waals surface area contributed by atoms with E-state index in [0.29, 0.717) is 0 Å². The molecule has 0 saturated carbocycles. The van der Waals surface area contributed by atoms with E-state index in [2.05, 4.69) is 4.98 Å². The minimum Gasteiger partial charge on any atom is -0.480 e. The smallest absolute Gasteiger partial charge is 0.318 e. The fourth-order valence-electron chi connectivity index (χ4n) is 1.35. The zero-order chi connectivity index (χ0) is 15.3. The summed E-state index contributed by atoms with van der Waals surface area (Å²) in [5.74, 6) is -3.03. The van der Waals surface area contributed by atoms with Crippen LogP contribution in [0.5, 0.6) is 0 Å². The third-order valence-corrected chi connectivity index (χ3v) is 3.94. The zero-order valence-corrected chi connectivity index (χ0v) is 10.7. The molecule has 20 heavy (non-hydrogen) atoms. The summed E-state index contributed by atoms with van der Waals surface area (Å²) in [6, 6.07) is 3.85. The molecular weight excluding hydrogens is 290 g/mol. The minimum atomic E-state index is -4.45. The summed E-state index contributed by atoms with van der Waals surface area (Å²) in [4.78, 5) is 24.3. The Kier molecular flexibility index (Phi) is 4.73. The van der Waals surface area contributed by atoms with E-state index >= 15 is 0 Å². The average Bonchev–Trinajstić information content (AvgIpc) is 2.36. The van der Waals surface area contributed by atoms with Gasteiger partial charge in [0.25, 0.3) is 0 Å². The maximum Gasteiger partial charge on any atom is 0.318 e. The van der Waals surface area contributed by atoms with E-state index in [9.17, 15) is 18.0 Å². The van der Waals surface area contributed by atoms with Crippen molar-refractivity contribution in [3.63, 3.8) is 0 Å². The first-order chi connectivity index (χ1) is 9.28. The molecule has 0 radical (unpaired) electrons. The first kappa shape index (κ1) is 15.5. The van der Waals surface area contributed by atoms with Gasteiger partial charge >= 0.3 is 11.9 Å². The van der Waals surface area contributed by atoms with E-state index in [1.54, 1.807) is 6.07 Å². The Hall–Kier alpha value is -2.51. The molecule has 0 aliphatic carbocycles. The van der Waals surface area contributed by atoms with Gasteiger partial charge in [0.05, 0.1) is 0 Å². The Bertz CT molecular complexity index is 662. The highest BCUT2D eigenvalue weighted by Gasteiger charge is 2.31. The van der Waals surface area contributed by atoms with Crippen LogP contribution >= 0.6 is 0 Å². The Labute approximate surface area is 113 Å². The van der Waals surface area contributed by atoms with Gasteiger partial charge in [-0.3, -0.25) is 9.59 Å². The molecule has 0 aliphatic heterocycles. The van der Waals surface area contributed by atoms with E-state index in [1.165, 1.54) is 12.3 Å². The summed E-state index contributed by atoms with van der Waals surface area (Å²) in [5, 5.41) is 26.1. The van der Waals surface area contributed by atoms with Crippen LogP contribution in [-0.2, 0) is 19.6 Å². The van der Waals surface area contributed by atoms with Gasteiger partial charge in [0.15, 0.2) is 5.69 Å². The number of sulfonamides is 1. The molecule has 10 heteroatoms. The third kappa shape index (κ3) is 3.50. The molecule has 9 nitrogen and oxygen atoms in total. The van der Waals surface area contributed by atoms with Crippen LogP contribution in [0.4, 0.5) is 0 Å². The van der Waals surface area contributed by atoms with Crippen molar-refractivity contribution < 1.29 is 28.2 Å². The van der Waals surface area contributed by atoms with Crippen LogP contribution in [-0.4, -0.2) is 52.9 Å². The molecule has 1 heterocycles. The van der Waals surface area contributed by atoms with Crippen molar-refractivity contribution in [1.82, 2.24) is 9.29 Å². The normalized spacial score (nSPS) is 11.0. The molecule has 0 aliphatic rings. The number of carboxylic acid groups (broad SMARTS) is 2. The van der Waals surface area contributed by atoms with Gasteiger partial charge in [0, 0.05) is 6.20 Å². The predicted molar refractivity (Wildman–Crippen MR) is 63.0 cm³/mol. The van der Waals surface area contributed by atoms with Gasteiger partial charge in [0.2, 0.25) is 10.0 Å². The topological polar surface area (TPSA) is 149 Å². The van der Waals surface area contributed by atoms with Crippen molar-refractivity contribution in [1.29, 1.82) is 5.26 Å². The molecule has 0 unspecified atom stereocenters. The van der Waals surface area contributed by atoms with E-state index in [1.807, 2.05) is 0 Å². The van der Waals surface area contributed by atoms with Gasteiger partial charge in [-0.15, -0.1) is 0 Å². The number of carbonyl (C=O) groups is 2. The van der Waals surface area contributed by atoms with Crippen LogP contribution in [0.2, 0.25) is 0 Å². The van der Waals surface area contributed by atoms with Gasteiger partial charge in [-0.25, -0.2) is 13.4 Å². The van der Waals surface area contributed by atoms with Crippen molar-refractivity contribution in [3.05, 3.63) is 24.0 Å². The van der Waals surface area contributed by atoms with Crippen LogP contribution in [0.1, 0.15) is 5.69 Å². The first-order valence-electron chi connectivity index (χ1n) is 5.08. The van der Waals surface area contributed by atoms with Gasteiger partial charge in [-0.1, -0.05) is 0 Å². The van der Waals surface area contributed by atoms with Gasteiger partial charge < -0.3 is 10.2 Å². The maximum atomic E-state index is 12.2. The van der Waals surface area contributed by atoms with Crippen molar-refractivity contribution in [2.75, 3.05) is 13.1 Å². The molecule has 1 aromatic rings. The van der Waals surface area contributed by atoms with Crippen LogP contribution in [0.25, 0.3) is 0 Å². The van der Waals surface area contributed by atoms with Crippen LogP contribution in [0, 0.1) is 11.3 Å². The summed E-state index contributed by atoms with van der Waals surface area (Å²) >= 11 is 0. The molecule has 0 atom stereocenters. The largest absolute Gasteiger partial charge is 0.480 e. The number of nitrogens with zero attached hydrogens (tertiary/aromatic N) is 3. The van der Waals surface area contributed by atoms with Crippen molar-refractivity contribution in [3.8, 4) is 6.07 Å². The lowest BCUT2D eigenvalue weighted by molar-refractivity contribution is -0.139. The van der Waals surface area contributed by atoms with Crippen molar-refractivity contribution >= 4 is 22.0 Å². The molecule has 0 aromatic carbocycles. The number of aliphatic carboxylic acids is 2. The standard InChI is InChI=1S/C10H9N3O6S/c11-4-7-8(2-1-3-12-7)20(18,19)13(5-9(14)15)6-10(16)17/h1-3H,5-6H2,(H,14,15)(H,16,17). The summed E-state index contributed by atoms with van der Waals surface area (Å²) < 4.78 is 24.6. The monoisotopic (exact) mass is 299 g/mol. The Morgan fingerprint density at radius 1 is 1.30 bits per heavy atom. The summed E-state index contributed by atoms with van der Waals surface area (Å²) in [7, 11) is -4.45. The van der Waals surface area contributed by atoms with Crippen LogP contribution in [0.3, 0.4) is 0 Å². The van der Waals surface area contributed by atoms with Gasteiger partial charge in [-0.2, -0.15) is 9.57 Å². The second kappa shape index (κ2) is 6.09. The molecule has 2 N–H and O–H groups in total. The number of aromatic nitrogens is 1. The molecule has 0 saturated heterocycles. The fraction of sp³-hybridized carbons (Fsp3) is 0.200. The van der Waals surface area contributed by atoms with E-state index in [4.69, 9.17) is 15.5 Å². The number of hydrogen-bond acceptors (Lipinski definition) is 6. The summed E-state index contributed by atoms with van der Waals surface area (Å²) in [6.07, 6.45) is 1.19. The third-order valence-electron chi connectivity index (χ3n) is 2.12. The molecular formula is C10H9N3O6S. The lowest BCUT2D eigenvalue weighted by atomic mass is 10.4. The van der Waals surface area contributed by atoms with E-state index in [-0.39, 0.29) is 4.31 Å². The van der Waals surface area contributed by atoms with Crippen molar-refractivity contribution in [2.45, 2.75) is 4.90 Å². The van der Waals surface area contributed by atoms with Gasteiger partial charge in [0.1, 0.15) is 24.1 Å². The van der Waals surface area contributed by atoms with Gasteiger partial charge in [-0.05, 0) is 12.1 Å². The fourth-order valence-corrected chi connectivity index (χ4v) is 2.78. The quantitative estimate of drug-likeness (QED) is 0.687. The number of hydrogen-bond donors (Lipinski definition) is 2. The summed E-state index contributed by atoms with van der Waals surface area (Å²) in [6.45, 7) is -2.07. The van der Waals surface area contributed by atoms with E-state index in [0.717, 1.165) is 6.07 Å². The maximum absolute atomic E-state index is 12.2. The first-order valence-corrected chi connectivity index (χ1v) is 6.52. The Morgan fingerprint density at radius 2 is 1.85 bits per heavy atom. The van der Waals surface area contributed by atoms with Crippen LogP contribution < -0.4 is 0 Å². The number of rotatable bonds is 6. The molecule has 0 spiro atoms. The molecule has 1 rings (SSSR count). The molecule has 1 aromatic heterocycles. The number of carboxylic acids is 2. The lowest BCUT2D eigenvalue weighted by Gasteiger charge is -2.18. The number of nitriles is 1. The van der Waals surface area contributed by atoms with Crippen molar-refractivity contribution in [2.24, 2.45) is 0 Å². The molecule has 0 fully saturated rings. The molecule has 0 amide bonds. The predicted octanol–water partition coefficient (Wildman–Crippen LogP) is -0.887. The second-order valence-electron chi connectivity index (χ2n) is 3.52. The minimum absolute atomic E-state index is 0.246. The lowest BCUT2D eigenvalue weighted by Crippen LogP contribution is -2.39. The molecule has 106 valence electrons. The average molecular weight is 299 g/mol. The SMILES string of the molecule is N#Cc1ncccc1S(=O)(=O)N(CC(=O)O)CC(=O)O. The Morgan fingerprint density at radius 3 is 2.30 bits per heavy atom. The Balaban J connectivity index is 3.32. The second-order valence-corrected chi connectivity index (χ2v) is 5.43. The highest BCUT2D eigenvalue weighted by Crippen LogP contribution is 2.17. The van der Waals surface area contributed by atoms with Crippen LogP contribution in [0.15, 0.2) is 23.2 Å². The highest BCUT2D eigenvalue weighted by atomic mass is 32.2.